The van der Waals surface area contributed by atoms with Crippen molar-refractivity contribution >= 4 is 0 Å². The van der Waals surface area contributed by atoms with Crippen molar-refractivity contribution in [3.63, 3.8) is 0 Å². The van der Waals surface area contributed by atoms with Crippen molar-refractivity contribution < 1.29 is 4.39 Å². The van der Waals surface area contributed by atoms with Gasteiger partial charge in [0.1, 0.15) is 5.82 Å². The first-order chi connectivity index (χ1) is 8.31. The van der Waals surface area contributed by atoms with Gasteiger partial charge in [0.2, 0.25) is 0 Å². The van der Waals surface area contributed by atoms with Gasteiger partial charge in [0, 0.05) is 5.56 Å². The molecule has 0 atom stereocenters. The summed E-state index contributed by atoms with van der Waals surface area (Å²) in [4.78, 5) is 0. The molecule has 1 nitrogen and oxygen atoms in total. The summed E-state index contributed by atoms with van der Waals surface area (Å²) >= 11 is 0. The second-order valence-corrected chi connectivity index (χ2v) is 4.03. The van der Waals surface area contributed by atoms with Gasteiger partial charge >= 0.3 is 0 Å². The van der Waals surface area contributed by atoms with Crippen molar-refractivity contribution in [1.29, 1.82) is 0 Å². The van der Waals surface area contributed by atoms with Crippen LogP contribution < -0.4 is 5.32 Å². The predicted molar refractivity (Wildman–Crippen MR) is 69.5 cm³/mol. The Bertz CT molecular complexity index is 494. The molecule has 0 aromatic heterocycles. The van der Waals surface area contributed by atoms with Crippen LogP contribution in [0.1, 0.15) is 5.56 Å². The summed E-state index contributed by atoms with van der Waals surface area (Å²) in [6.07, 6.45) is 0.957. The molecule has 0 unspecified atom stereocenters. The first-order valence-corrected chi connectivity index (χ1v) is 5.79. The van der Waals surface area contributed by atoms with E-state index in [4.69, 9.17) is 0 Å². The number of halogens is 1. The van der Waals surface area contributed by atoms with Gasteiger partial charge in [-0.15, -0.1) is 0 Å². The lowest BCUT2D eigenvalue weighted by Gasteiger charge is -2.06. The quantitative estimate of drug-likeness (QED) is 0.848. The van der Waals surface area contributed by atoms with Crippen LogP contribution in [-0.4, -0.2) is 13.6 Å². The topological polar surface area (TPSA) is 12.0 Å². The Morgan fingerprint density at radius 1 is 1.06 bits per heavy atom. The Morgan fingerprint density at radius 2 is 1.88 bits per heavy atom. The SMILES string of the molecule is CNCCc1cccc(-c2ccccc2F)c1. The van der Waals surface area contributed by atoms with Gasteiger partial charge in [-0.1, -0.05) is 42.5 Å². The fourth-order valence-corrected chi connectivity index (χ4v) is 1.86. The van der Waals surface area contributed by atoms with Gasteiger partial charge in [-0.05, 0) is 37.2 Å². The molecule has 0 aliphatic rings. The fraction of sp³-hybridized carbons (Fsp3) is 0.200. The molecule has 0 spiro atoms. The van der Waals surface area contributed by atoms with E-state index in [1.54, 1.807) is 6.07 Å². The Hall–Kier alpha value is -1.67. The van der Waals surface area contributed by atoms with Crippen LogP contribution in [0, 0.1) is 5.82 Å². The van der Waals surface area contributed by atoms with Gasteiger partial charge < -0.3 is 5.32 Å². The summed E-state index contributed by atoms with van der Waals surface area (Å²) in [6, 6.07) is 14.9. The lowest BCUT2D eigenvalue weighted by Crippen LogP contribution is -2.10. The zero-order chi connectivity index (χ0) is 12.1. The van der Waals surface area contributed by atoms with Crippen LogP contribution in [-0.2, 0) is 6.42 Å². The number of nitrogens with one attached hydrogen (secondary N) is 1. The molecule has 0 radical (unpaired) electrons. The number of rotatable bonds is 4. The second kappa shape index (κ2) is 5.60. The first-order valence-electron chi connectivity index (χ1n) is 5.79. The molecule has 0 amide bonds. The van der Waals surface area contributed by atoms with E-state index in [9.17, 15) is 4.39 Å². The first kappa shape index (κ1) is 11.8. The average Bonchev–Trinajstić information content (AvgIpc) is 2.37. The van der Waals surface area contributed by atoms with Gasteiger partial charge in [0.15, 0.2) is 0 Å². The molecule has 0 saturated carbocycles. The standard InChI is InChI=1S/C15H16FN/c1-17-10-9-12-5-4-6-13(11-12)14-7-2-3-8-15(14)16/h2-8,11,17H,9-10H2,1H3. The third-order valence-electron chi connectivity index (χ3n) is 2.78. The summed E-state index contributed by atoms with van der Waals surface area (Å²) in [5, 5.41) is 3.11. The highest BCUT2D eigenvalue weighted by Crippen LogP contribution is 2.23. The van der Waals surface area contributed by atoms with Crippen LogP contribution in [0.3, 0.4) is 0 Å². The largest absolute Gasteiger partial charge is 0.319 e. The van der Waals surface area contributed by atoms with E-state index >= 15 is 0 Å². The molecule has 0 bridgehead atoms. The summed E-state index contributed by atoms with van der Waals surface area (Å²) < 4.78 is 13.6. The predicted octanol–water partition coefficient (Wildman–Crippen LogP) is 3.25. The average molecular weight is 229 g/mol. The lowest BCUT2D eigenvalue weighted by atomic mass is 10.0. The van der Waals surface area contributed by atoms with Crippen molar-refractivity contribution in [2.75, 3.05) is 13.6 Å². The minimum atomic E-state index is -0.168. The van der Waals surface area contributed by atoms with Gasteiger partial charge in [-0.2, -0.15) is 0 Å². The Balaban J connectivity index is 2.30. The number of hydrogen-bond donors (Lipinski definition) is 1. The molecule has 2 aromatic carbocycles. The maximum atomic E-state index is 13.6. The third-order valence-corrected chi connectivity index (χ3v) is 2.78. The zero-order valence-electron chi connectivity index (χ0n) is 9.91. The highest BCUT2D eigenvalue weighted by Gasteiger charge is 2.04. The molecule has 0 saturated heterocycles. The summed E-state index contributed by atoms with van der Waals surface area (Å²) in [6.45, 7) is 0.931. The maximum absolute atomic E-state index is 13.6. The second-order valence-electron chi connectivity index (χ2n) is 4.03. The molecule has 17 heavy (non-hydrogen) atoms. The van der Waals surface area contributed by atoms with Crippen molar-refractivity contribution in [3.05, 3.63) is 59.9 Å². The molecule has 0 aliphatic heterocycles. The number of benzene rings is 2. The normalized spacial score (nSPS) is 10.5. The van der Waals surface area contributed by atoms with Crippen molar-refractivity contribution in [3.8, 4) is 11.1 Å². The molecular formula is C15H16FN. The van der Waals surface area contributed by atoms with Gasteiger partial charge in [-0.3, -0.25) is 0 Å². The molecular weight excluding hydrogens is 213 g/mol. The minimum absolute atomic E-state index is 0.168. The van der Waals surface area contributed by atoms with Crippen LogP contribution in [0.5, 0.6) is 0 Å². The van der Waals surface area contributed by atoms with E-state index in [-0.39, 0.29) is 5.82 Å². The minimum Gasteiger partial charge on any atom is -0.319 e. The molecule has 2 aromatic rings. The fourth-order valence-electron chi connectivity index (χ4n) is 1.86. The van der Waals surface area contributed by atoms with Crippen LogP contribution in [0.4, 0.5) is 4.39 Å². The van der Waals surface area contributed by atoms with E-state index in [0.717, 1.165) is 18.5 Å². The van der Waals surface area contributed by atoms with Gasteiger partial charge in [0.05, 0.1) is 0 Å². The van der Waals surface area contributed by atoms with E-state index in [0.29, 0.717) is 5.56 Å². The summed E-state index contributed by atoms with van der Waals surface area (Å²) in [7, 11) is 1.93. The molecule has 0 heterocycles. The number of likely N-dealkylation sites (N-methyl/N-ethyl adjacent to an activating group) is 1. The highest BCUT2D eigenvalue weighted by atomic mass is 19.1. The number of hydrogen-bond acceptors (Lipinski definition) is 1. The van der Waals surface area contributed by atoms with Crippen LogP contribution in [0.2, 0.25) is 0 Å². The maximum Gasteiger partial charge on any atom is 0.131 e. The highest BCUT2D eigenvalue weighted by molar-refractivity contribution is 5.64. The lowest BCUT2D eigenvalue weighted by molar-refractivity contribution is 0.631. The van der Waals surface area contributed by atoms with Crippen LogP contribution >= 0.6 is 0 Å². The van der Waals surface area contributed by atoms with E-state index in [1.807, 2.05) is 31.3 Å². The van der Waals surface area contributed by atoms with Gasteiger partial charge in [-0.25, -0.2) is 4.39 Å². The van der Waals surface area contributed by atoms with E-state index in [2.05, 4.69) is 17.4 Å². The Kier molecular flexibility index (Phi) is 3.89. The summed E-state index contributed by atoms with van der Waals surface area (Å²) in [5.74, 6) is -0.168. The van der Waals surface area contributed by atoms with Crippen molar-refractivity contribution in [2.24, 2.45) is 0 Å². The van der Waals surface area contributed by atoms with Gasteiger partial charge in [0.25, 0.3) is 0 Å². The molecule has 2 rings (SSSR count). The smallest absolute Gasteiger partial charge is 0.131 e. The third kappa shape index (κ3) is 2.92. The van der Waals surface area contributed by atoms with Crippen molar-refractivity contribution in [2.45, 2.75) is 6.42 Å². The van der Waals surface area contributed by atoms with Crippen LogP contribution in [0.25, 0.3) is 11.1 Å². The van der Waals surface area contributed by atoms with Crippen LogP contribution in [0.15, 0.2) is 48.5 Å². The monoisotopic (exact) mass is 229 g/mol. The van der Waals surface area contributed by atoms with Crippen molar-refractivity contribution in [1.82, 2.24) is 5.32 Å². The zero-order valence-corrected chi connectivity index (χ0v) is 9.91. The Labute approximate surface area is 101 Å². The molecule has 0 aliphatic carbocycles. The van der Waals surface area contributed by atoms with E-state index in [1.165, 1.54) is 11.6 Å². The molecule has 1 N–H and O–H groups in total. The summed E-state index contributed by atoms with van der Waals surface area (Å²) in [5.41, 5.74) is 2.83. The molecule has 2 heteroatoms. The Morgan fingerprint density at radius 3 is 2.65 bits per heavy atom. The molecule has 0 fully saturated rings. The van der Waals surface area contributed by atoms with E-state index < -0.39 is 0 Å². The molecule has 88 valence electrons.